The number of aliphatic imine (C=N–C) groups is 1. The summed E-state index contributed by atoms with van der Waals surface area (Å²) in [6, 6.07) is 4.71. The molecule has 1 aromatic heterocycles. The van der Waals surface area contributed by atoms with Gasteiger partial charge in [0.1, 0.15) is 5.82 Å². The number of carbonyl (C=O) groups is 1. The number of esters is 1. The number of fused-ring (bicyclic) bond motifs is 1. The maximum absolute atomic E-state index is 12.2. The second-order valence-electron chi connectivity index (χ2n) is 6.66. The van der Waals surface area contributed by atoms with Crippen LogP contribution in [0.15, 0.2) is 28.0 Å². The number of benzene rings is 1. The van der Waals surface area contributed by atoms with E-state index in [4.69, 9.17) is 4.74 Å². The molecule has 0 radical (unpaired) electrons. The molecule has 0 fully saturated rings. The maximum atomic E-state index is 12.2. The number of hydrogen-bond acceptors (Lipinski definition) is 7. The lowest BCUT2D eigenvalue weighted by atomic mass is 9.93. The molecule has 25 heavy (non-hydrogen) atoms. The van der Waals surface area contributed by atoms with Crippen molar-refractivity contribution >= 4 is 33.8 Å². The number of H-pyrrole nitrogens is 1. The number of nitrogens with zero attached hydrogens (tertiary/aromatic N) is 2. The monoisotopic (exact) mass is 360 g/mol. The highest BCUT2D eigenvalue weighted by atomic mass is 32.2. The summed E-state index contributed by atoms with van der Waals surface area (Å²) in [5.41, 5.74) is 0.773. The SMILES string of the molecule is COC(=O)c1ccc2c(=O)[nH]c(CSC3=NCC(C)(C)CN3)nc2c1. The van der Waals surface area contributed by atoms with Crippen molar-refractivity contribution in [3.05, 3.63) is 39.9 Å². The number of amidine groups is 1. The van der Waals surface area contributed by atoms with Crippen molar-refractivity contribution in [2.45, 2.75) is 19.6 Å². The minimum Gasteiger partial charge on any atom is -0.465 e. The van der Waals surface area contributed by atoms with Crippen LogP contribution in [0.3, 0.4) is 0 Å². The summed E-state index contributed by atoms with van der Waals surface area (Å²) in [5.74, 6) is 0.571. The molecule has 1 aliphatic rings. The van der Waals surface area contributed by atoms with Crippen LogP contribution in [0.5, 0.6) is 0 Å². The Hall–Kier alpha value is -2.35. The van der Waals surface area contributed by atoms with Crippen molar-refractivity contribution in [3.8, 4) is 0 Å². The van der Waals surface area contributed by atoms with E-state index in [2.05, 4.69) is 34.1 Å². The molecule has 132 valence electrons. The van der Waals surface area contributed by atoms with Crippen molar-refractivity contribution in [1.82, 2.24) is 15.3 Å². The van der Waals surface area contributed by atoms with E-state index in [9.17, 15) is 9.59 Å². The fourth-order valence-corrected chi connectivity index (χ4v) is 3.19. The molecule has 2 N–H and O–H groups in total. The second kappa shape index (κ2) is 6.87. The summed E-state index contributed by atoms with van der Waals surface area (Å²) in [5, 5.41) is 4.59. The van der Waals surface area contributed by atoms with E-state index >= 15 is 0 Å². The molecule has 0 saturated carbocycles. The number of methoxy groups -OCH3 is 1. The van der Waals surface area contributed by atoms with Crippen molar-refractivity contribution < 1.29 is 9.53 Å². The van der Waals surface area contributed by atoms with Gasteiger partial charge in [-0.1, -0.05) is 25.6 Å². The van der Waals surface area contributed by atoms with Crippen LogP contribution in [0.25, 0.3) is 10.9 Å². The van der Waals surface area contributed by atoms with Crippen LogP contribution in [0.1, 0.15) is 30.0 Å². The molecule has 0 atom stereocenters. The third-order valence-corrected chi connectivity index (χ3v) is 4.86. The van der Waals surface area contributed by atoms with Gasteiger partial charge in [0.2, 0.25) is 0 Å². The molecular weight excluding hydrogens is 340 g/mol. The van der Waals surface area contributed by atoms with Gasteiger partial charge in [0, 0.05) is 18.5 Å². The first-order valence-corrected chi connectivity index (χ1v) is 8.89. The summed E-state index contributed by atoms with van der Waals surface area (Å²) >= 11 is 1.50. The standard InChI is InChI=1S/C17H20N4O3S/c1-17(2)8-18-16(19-9-17)25-7-13-20-12-6-10(15(23)24-3)4-5-11(12)14(22)21-13/h4-6H,7-9H2,1-3H3,(H,18,19)(H,20,21,22). The fraction of sp³-hybridized carbons (Fsp3) is 0.412. The number of rotatable bonds is 3. The Labute approximate surface area is 149 Å². The number of hydrogen-bond donors (Lipinski definition) is 2. The first-order valence-electron chi connectivity index (χ1n) is 7.90. The zero-order chi connectivity index (χ0) is 18.0. The number of aromatic amines is 1. The summed E-state index contributed by atoms with van der Waals surface area (Å²) in [7, 11) is 1.32. The van der Waals surface area contributed by atoms with E-state index in [0.717, 1.165) is 18.3 Å². The van der Waals surface area contributed by atoms with Gasteiger partial charge in [-0.05, 0) is 18.2 Å². The van der Waals surface area contributed by atoms with Crippen molar-refractivity contribution in [1.29, 1.82) is 0 Å². The molecule has 2 aromatic rings. The highest BCUT2D eigenvalue weighted by Crippen LogP contribution is 2.21. The molecule has 0 aliphatic carbocycles. The van der Waals surface area contributed by atoms with Gasteiger partial charge in [0.15, 0.2) is 5.17 Å². The van der Waals surface area contributed by atoms with E-state index in [-0.39, 0.29) is 11.0 Å². The predicted octanol–water partition coefficient (Wildman–Crippen LogP) is 1.93. The molecular formula is C17H20N4O3S. The van der Waals surface area contributed by atoms with Crippen LogP contribution in [0, 0.1) is 5.41 Å². The van der Waals surface area contributed by atoms with Crippen molar-refractivity contribution in [2.24, 2.45) is 10.4 Å². The second-order valence-corrected chi connectivity index (χ2v) is 7.63. The summed E-state index contributed by atoms with van der Waals surface area (Å²) in [6.07, 6.45) is 0. The van der Waals surface area contributed by atoms with Crippen LogP contribution in [0.4, 0.5) is 0 Å². The molecule has 7 nitrogen and oxygen atoms in total. The quantitative estimate of drug-likeness (QED) is 0.812. The smallest absolute Gasteiger partial charge is 0.337 e. The van der Waals surface area contributed by atoms with E-state index in [1.807, 2.05) is 0 Å². The summed E-state index contributed by atoms with van der Waals surface area (Å²) < 4.78 is 4.71. The Morgan fingerprint density at radius 3 is 2.88 bits per heavy atom. The Kier molecular flexibility index (Phi) is 4.80. The fourth-order valence-electron chi connectivity index (χ4n) is 2.45. The number of carbonyl (C=O) groups excluding carboxylic acids is 1. The van der Waals surface area contributed by atoms with Gasteiger partial charge < -0.3 is 15.0 Å². The average molecular weight is 360 g/mol. The number of nitrogens with one attached hydrogen (secondary N) is 2. The van der Waals surface area contributed by atoms with Gasteiger partial charge in [-0.3, -0.25) is 9.79 Å². The molecule has 0 spiro atoms. The summed E-state index contributed by atoms with van der Waals surface area (Å²) in [6.45, 7) is 5.95. The molecule has 3 rings (SSSR count). The number of aromatic nitrogens is 2. The molecule has 2 heterocycles. The minimum atomic E-state index is -0.455. The first kappa shape index (κ1) is 17.5. The molecule has 0 unspecified atom stereocenters. The molecule has 1 aliphatic heterocycles. The zero-order valence-electron chi connectivity index (χ0n) is 14.4. The Morgan fingerprint density at radius 1 is 1.40 bits per heavy atom. The Bertz CT molecular complexity index is 904. The zero-order valence-corrected chi connectivity index (χ0v) is 15.2. The molecule has 8 heteroatoms. The Balaban J connectivity index is 1.81. The van der Waals surface area contributed by atoms with Gasteiger partial charge in [-0.25, -0.2) is 9.78 Å². The van der Waals surface area contributed by atoms with Gasteiger partial charge in [0.25, 0.3) is 5.56 Å². The van der Waals surface area contributed by atoms with Crippen LogP contribution >= 0.6 is 11.8 Å². The van der Waals surface area contributed by atoms with E-state index in [1.165, 1.54) is 18.9 Å². The van der Waals surface area contributed by atoms with Gasteiger partial charge in [-0.2, -0.15) is 0 Å². The van der Waals surface area contributed by atoms with E-state index in [1.54, 1.807) is 18.2 Å². The van der Waals surface area contributed by atoms with Crippen LogP contribution in [-0.4, -0.2) is 41.3 Å². The third-order valence-electron chi connectivity index (χ3n) is 3.89. The normalized spacial score (nSPS) is 16.2. The first-order chi connectivity index (χ1) is 11.9. The lowest BCUT2D eigenvalue weighted by Gasteiger charge is -2.28. The maximum Gasteiger partial charge on any atom is 0.337 e. The summed E-state index contributed by atoms with van der Waals surface area (Å²) in [4.78, 5) is 35.6. The largest absolute Gasteiger partial charge is 0.465 e. The van der Waals surface area contributed by atoms with Gasteiger partial charge in [-0.15, -0.1) is 0 Å². The minimum absolute atomic E-state index is 0.157. The average Bonchev–Trinajstić information content (AvgIpc) is 2.59. The van der Waals surface area contributed by atoms with Crippen molar-refractivity contribution in [2.75, 3.05) is 20.2 Å². The molecule has 1 aromatic carbocycles. The lowest BCUT2D eigenvalue weighted by molar-refractivity contribution is 0.0601. The van der Waals surface area contributed by atoms with Crippen LogP contribution < -0.4 is 10.9 Å². The van der Waals surface area contributed by atoms with Crippen LogP contribution in [-0.2, 0) is 10.5 Å². The topological polar surface area (TPSA) is 96.4 Å². The molecule has 0 amide bonds. The van der Waals surface area contributed by atoms with Gasteiger partial charge >= 0.3 is 5.97 Å². The highest BCUT2D eigenvalue weighted by molar-refractivity contribution is 8.13. The Morgan fingerprint density at radius 2 is 2.20 bits per heavy atom. The predicted molar refractivity (Wildman–Crippen MR) is 99.1 cm³/mol. The molecule has 0 bridgehead atoms. The highest BCUT2D eigenvalue weighted by Gasteiger charge is 2.22. The van der Waals surface area contributed by atoms with Gasteiger partial charge in [0.05, 0.1) is 29.3 Å². The number of thioether (sulfide) groups is 1. The molecule has 0 saturated heterocycles. The third kappa shape index (κ3) is 4.01. The van der Waals surface area contributed by atoms with E-state index < -0.39 is 5.97 Å². The van der Waals surface area contributed by atoms with E-state index in [0.29, 0.717) is 28.0 Å². The van der Waals surface area contributed by atoms with Crippen molar-refractivity contribution in [3.63, 3.8) is 0 Å². The number of ether oxygens (including phenoxy) is 1. The van der Waals surface area contributed by atoms with Crippen LogP contribution in [0.2, 0.25) is 0 Å². The lowest BCUT2D eigenvalue weighted by Crippen LogP contribution is -2.39.